The number of ether oxygens (including phenoxy) is 3. The molecular formula is C30H43NO6. The first-order valence-corrected chi connectivity index (χ1v) is 13.2. The average molecular weight is 514 g/mol. The summed E-state index contributed by atoms with van der Waals surface area (Å²) < 4.78 is 15.8. The Labute approximate surface area is 222 Å². The monoisotopic (exact) mass is 513 g/mol. The Balaban J connectivity index is 2.33. The Morgan fingerprint density at radius 3 is 2.00 bits per heavy atom. The van der Waals surface area contributed by atoms with Crippen molar-refractivity contribution >= 4 is 11.7 Å². The van der Waals surface area contributed by atoms with Crippen LogP contribution in [0, 0.1) is 10.1 Å². The van der Waals surface area contributed by atoms with Crippen molar-refractivity contribution in [1.29, 1.82) is 0 Å². The van der Waals surface area contributed by atoms with E-state index in [1.807, 2.05) is 36.5 Å². The number of nitro groups is 1. The highest BCUT2D eigenvalue weighted by atomic mass is 16.6. The van der Waals surface area contributed by atoms with Crippen LogP contribution in [0.25, 0.3) is 0 Å². The van der Waals surface area contributed by atoms with Crippen LogP contribution in [0.15, 0.2) is 60.7 Å². The maximum Gasteiger partial charge on any atom is 0.306 e. The second kappa shape index (κ2) is 19.8. The van der Waals surface area contributed by atoms with Crippen LogP contribution in [0.1, 0.15) is 89.7 Å². The molecule has 0 bridgehead atoms. The second-order valence-electron chi connectivity index (χ2n) is 8.73. The summed E-state index contributed by atoms with van der Waals surface area (Å²) in [7, 11) is 2.85. The Morgan fingerprint density at radius 2 is 1.41 bits per heavy atom. The topological polar surface area (TPSA) is 87.9 Å². The third kappa shape index (κ3) is 13.5. The van der Waals surface area contributed by atoms with Gasteiger partial charge in [0, 0.05) is 6.42 Å². The van der Waals surface area contributed by atoms with Crippen molar-refractivity contribution in [2.24, 2.45) is 0 Å². The summed E-state index contributed by atoms with van der Waals surface area (Å²) in [6.07, 6.45) is 26.0. The Bertz CT molecular complexity index is 932. The van der Waals surface area contributed by atoms with Gasteiger partial charge in [-0.3, -0.25) is 14.9 Å². The first-order valence-electron chi connectivity index (χ1n) is 13.2. The van der Waals surface area contributed by atoms with Gasteiger partial charge in [-0.1, -0.05) is 87.6 Å². The fraction of sp³-hybridized carbons (Fsp3) is 0.500. The molecule has 0 saturated heterocycles. The number of carbonyl (C=O) groups is 1. The number of methoxy groups -OCH3 is 2. The maximum absolute atomic E-state index is 12.2. The van der Waals surface area contributed by atoms with Crippen LogP contribution in [0.4, 0.5) is 5.69 Å². The van der Waals surface area contributed by atoms with Crippen molar-refractivity contribution in [3.8, 4) is 11.5 Å². The number of rotatable bonds is 19. The number of hydrogen-bond donors (Lipinski definition) is 0. The normalized spacial score (nSPS) is 12.6. The molecule has 0 saturated carbocycles. The molecule has 0 aromatic heterocycles. The van der Waals surface area contributed by atoms with E-state index in [4.69, 9.17) is 14.2 Å². The fourth-order valence-electron chi connectivity index (χ4n) is 3.70. The van der Waals surface area contributed by atoms with Gasteiger partial charge in [0.05, 0.1) is 30.8 Å². The highest BCUT2D eigenvalue weighted by Crippen LogP contribution is 2.38. The molecule has 1 atom stereocenters. The van der Waals surface area contributed by atoms with E-state index < -0.39 is 17.0 Å². The summed E-state index contributed by atoms with van der Waals surface area (Å²) in [4.78, 5) is 23.2. The van der Waals surface area contributed by atoms with Gasteiger partial charge in [-0.15, -0.1) is 0 Å². The summed E-state index contributed by atoms with van der Waals surface area (Å²) in [5.41, 5.74) is 0.0707. The van der Waals surface area contributed by atoms with E-state index in [9.17, 15) is 14.9 Å². The zero-order chi connectivity index (χ0) is 27.3. The largest absolute Gasteiger partial charge is 0.493 e. The summed E-state index contributed by atoms with van der Waals surface area (Å²) in [6, 6.07) is 2.75. The van der Waals surface area contributed by atoms with E-state index in [2.05, 4.69) is 19.1 Å². The molecule has 0 amide bonds. The smallest absolute Gasteiger partial charge is 0.306 e. The molecule has 7 heteroatoms. The number of allylic oxidation sites excluding steroid dienone is 8. The lowest BCUT2D eigenvalue weighted by molar-refractivity contribution is -0.386. The van der Waals surface area contributed by atoms with Crippen LogP contribution in [0.5, 0.6) is 11.5 Å². The molecule has 0 aliphatic heterocycles. The van der Waals surface area contributed by atoms with Crippen molar-refractivity contribution in [3.05, 3.63) is 76.4 Å². The molecule has 1 aromatic carbocycles. The molecule has 0 spiro atoms. The number of nitro benzene ring substituents is 1. The van der Waals surface area contributed by atoms with Crippen LogP contribution in [-0.4, -0.2) is 25.1 Å². The number of hydrogen-bond acceptors (Lipinski definition) is 6. The summed E-state index contributed by atoms with van der Waals surface area (Å²) >= 11 is 0. The molecular weight excluding hydrogens is 470 g/mol. The van der Waals surface area contributed by atoms with Crippen LogP contribution < -0.4 is 9.47 Å². The lowest BCUT2D eigenvalue weighted by Gasteiger charge is -2.16. The molecule has 1 aromatic rings. The first kappa shape index (κ1) is 31.7. The molecule has 0 N–H and O–H groups in total. The van der Waals surface area contributed by atoms with Gasteiger partial charge in [-0.25, -0.2) is 0 Å². The Kier molecular flexibility index (Phi) is 16.9. The standard InChI is InChI=1S/C30H43NO6/c1-5-6-7-8-9-10-11-12-13-14-15-16-17-18-19-20-21-22-30(32)37-25(2)26-23-28(35-3)29(36-4)24-27(26)31(33)34/h12-19,23-25H,5-11,20-22H2,1-4H3/b13-12+,15-14+,17-16+,19-18+/t25-/m0/s1. The minimum absolute atomic E-state index is 0.185. The van der Waals surface area contributed by atoms with Gasteiger partial charge in [-0.05, 0) is 38.7 Å². The number of esters is 1. The van der Waals surface area contributed by atoms with Crippen molar-refractivity contribution < 1.29 is 23.9 Å². The van der Waals surface area contributed by atoms with E-state index in [-0.39, 0.29) is 23.4 Å². The fourth-order valence-corrected chi connectivity index (χ4v) is 3.70. The molecule has 0 radical (unpaired) electrons. The van der Waals surface area contributed by atoms with E-state index in [0.717, 1.165) is 12.8 Å². The Hall–Kier alpha value is -3.35. The summed E-state index contributed by atoms with van der Waals surface area (Å²) in [5, 5.41) is 11.5. The van der Waals surface area contributed by atoms with E-state index >= 15 is 0 Å². The minimum atomic E-state index is -0.794. The van der Waals surface area contributed by atoms with Gasteiger partial charge in [0.2, 0.25) is 0 Å². The highest BCUT2D eigenvalue weighted by Gasteiger charge is 2.25. The molecule has 0 unspecified atom stereocenters. The predicted octanol–water partition coefficient (Wildman–Crippen LogP) is 8.36. The van der Waals surface area contributed by atoms with Gasteiger partial charge in [0.1, 0.15) is 6.10 Å². The average Bonchev–Trinajstić information content (AvgIpc) is 2.89. The van der Waals surface area contributed by atoms with Crippen molar-refractivity contribution in [3.63, 3.8) is 0 Å². The molecule has 0 fully saturated rings. The summed E-state index contributed by atoms with van der Waals surface area (Å²) in [5.74, 6) is 0.173. The SMILES string of the molecule is CCCCCCCC/C=C/C=C/C=C/C=C/CCCC(=O)O[C@@H](C)c1cc(OC)c(OC)cc1[N+](=O)[O-]. The van der Waals surface area contributed by atoms with Gasteiger partial charge in [0.25, 0.3) is 5.69 Å². The molecule has 37 heavy (non-hydrogen) atoms. The predicted molar refractivity (Wildman–Crippen MR) is 149 cm³/mol. The van der Waals surface area contributed by atoms with Crippen LogP contribution in [0.2, 0.25) is 0 Å². The van der Waals surface area contributed by atoms with Gasteiger partial charge in [-0.2, -0.15) is 0 Å². The third-order valence-electron chi connectivity index (χ3n) is 5.78. The Morgan fingerprint density at radius 1 is 0.865 bits per heavy atom. The van der Waals surface area contributed by atoms with Gasteiger partial charge >= 0.3 is 5.97 Å². The second-order valence-corrected chi connectivity index (χ2v) is 8.73. The third-order valence-corrected chi connectivity index (χ3v) is 5.78. The molecule has 0 aliphatic carbocycles. The van der Waals surface area contributed by atoms with Crippen molar-refractivity contribution in [2.75, 3.05) is 14.2 Å². The maximum atomic E-state index is 12.2. The summed E-state index contributed by atoms with van der Waals surface area (Å²) in [6.45, 7) is 3.84. The number of unbranched alkanes of at least 4 members (excludes halogenated alkanes) is 7. The van der Waals surface area contributed by atoms with Crippen LogP contribution in [-0.2, 0) is 9.53 Å². The minimum Gasteiger partial charge on any atom is -0.493 e. The molecule has 1 rings (SSSR count). The van der Waals surface area contributed by atoms with Crippen LogP contribution in [0.3, 0.4) is 0 Å². The molecule has 0 heterocycles. The van der Waals surface area contributed by atoms with Crippen molar-refractivity contribution in [1.82, 2.24) is 0 Å². The van der Waals surface area contributed by atoms with E-state index in [1.54, 1.807) is 6.92 Å². The molecule has 204 valence electrons. The zero-order valence-electron chi connectivity index (χ0n) is 22.8. The van der Waals surface area contributed by atoms with Gasteiger partial charge < -0.3 is 14.2 Å². The molecule has 0 aliphatic rings. The number of nitrogens with zero attached hydrogens (tertiary/aromatic N) is 1. The zero-order valence-corrected chi connectivity index (χ0v) is 22.8. The van der Waals surface area contributed by atoms with Gasteiger partial charge in [0.15, 0.2) is 11.5 Å². The quantitative estimate of drug-likeness (QED) is 0.0607. The molecule has 7 nitrogen and oxygen atoms in total. The van der Waals surface area contributed by atoms with E-state index in [0.29, 0.717) is 12.2 Å². The first-order chi connectivity index (χ1) is 17.9. The van der Waals surface area contributed by atoms with Crippen molar-refractivity contribution in [2.45, 2.75) is 84.2 Å². The van der Waals surface area contributed by atoms with Crippen LogP contribution >= 0.6 is 0 Å². The lowest BCUT2D eigenvalue weighted by atomic mass is 10.1. The number of carbonyl (C=O) groups excluding carboxylic acids is 1. The van der Waals surface area contributed by atoms with E-state index in [1.165, 1.54) is 64.9 Å². The highest BCUT2D eigenvalue weighted by molar-refractivity contribution is 5.70. The lowest BCUT2D eigenvalue weighted by Crippen LogP contribution is -2.11. The number of benzene rings is 1.